The maximum atomic E-state index is 11.2. The summed E-state index contributed by atoms with van der Waals surface area (Å²) in [5, 5.41) is 0. The third-order valence-electron chi connectivity index (χ3n) is 2.18. The van der Waals surface area contributed by atoms with Crippen LogP contribution in [0.25, 0.3) is 0 Å². The lowest BCUT2D eigenvalue weighted by Gasteiger charge is -2.06. The van der Waals surface area contributed by atoms with Crippen molar-refractivity contribution in [1.82, 2.24) is 0 Å². The van der Waals surface area contributed by atoms with Gasteiger partial charge in [0.15, 0.2) is 9.84 Å². The van der Waals surface area contributed by atoms with Gasteiger partial charge in [-0.15, -0.1) is 11.6 Å². The molecule has 90 valence electrons. The Hall–Kier alpha value is -0.740. The number of sulfone groups is 1. The molecule has 0 aromatic heterocycles. The van der Waals surface area contributed by atoms with Crippen molar-refractivity contribution in [3.8, 4) is 5.75 Å². The number of alkyl halides is 1. The summed E-state index contributed by atoms with van der Waals surface area (Å²) in [6.07, 6.45) is 0. The first-order valence-corrected chi connectivity index (χ1v) is 7.41. The molecule has 0 fully saturated rings. The topological polar surface area (TPSA) is 43.4 Å². The highest BCUT2D eigenvalue weighted by Gasteiger charge is 2.07. The maximum Gasteiger partial charge on any atom is 0.153 e. The second-order valence-electron chi connectivity index (χ2n) is 3.36. The minimum absolute atomic E-state index is 0.0563. The first-order valence-electron chi connectivity index (χ1n) is 5.05. The monoisotopic (exact) mass is 262 g/mol. The Kier molecular flexibility index (Phi) is 5.09. The highest BCUT2D eigenvalue weighted by atomic mass is 35.5. The van der Waals surface area contributed by atoms with Crippen molar-refractivity contribution in [2.75, 3.05) is 18.1 Å². The van der Waals surface area contributed by atoms with Crippen LogP contribution in [0.4, 0.5) is 0 Å². The largest absolute Gasteiger partial charge is 0.493 e. The summed E-state index contributed by atoms with van der Waals surface area (Å²) in [5.74, 6) is 1.34. The van der Waals surface area contributed by atoms with E-state index in [9.17, 15) is 8.42 Å². The Labute approximate surface area is 101 Å². The van der Waals surface area contributed by atoms with E-state index < -0.39 is 9.84 Å². The Morgan fingerprint density at radius 2 is 1.88 bits per heavy atom. The molecule has 1 rings (SSSR count). The molecule has 0 atom stereocenters. The molecule has 3 nitrogen and oxygen atoms in total. The Bertz CT molecular complexity index is 411. The number of rotatable bonds is 6. The van der Waals surface area contributed by atoms with Gasteiger partial charge in [0.2, 0.25) is 0 Å². The predicted octanol–water partition coefficient (Wildman–Crippen LogP) is 2.24. The van der Waals surface area contributed by atoms with Crippen molar-refractivity contribution in [3.63, 3.8) is 0 Å². The predicted molar refractivity (Wildman–Crippen MR) is 65.8 cm³/mol. The van der Waals surface area contributed by atoms with Crippen molar-refractivity contribution in [2.45, 2.75) is 12.8 Å². The van der Waals surface area contributed by atoms with Crippen molar-refractivity contribution in [2.24, 2.45) is 0 Å². The fraction of sp³-hybridized carbons (Fsp3) is 0.455. The zero-order valence-corrected chi connectivity index (χ0v) is 10.7. The SMILES string of the molecule is CCS(=O)(=O)CCOc1ccc(CCl)cc1. The van der Waals surface area contributed by atoms with Crippen molar-refractivity contribution in [1.29, 1.82) is 0 Å². The molecule has 1 aromatic carbocycles. The van der Waals surface area contributed by atoms with Gasteiger partial charge in [-0.3, -0.25) is 0 Å². The lowest BCUT2D eigenvalue weighted by atomic mass is 10.2. The third kappa shape index (κ3) is 4.41. The molecule has 0 unspecified atom stereocenters. The molecule has 16 heavy (non-hydrogen) atoms. The summed E-state index contributed by atoms with van der Waals surface area (Å²) in [5.41, 5.74) is 1.01. The summed E-state index contributed by atoms with van der Waals surface area (Å²) < 4.78 is 27.7. The Balaban J connectivity index is 2.43. The summed E-state index contributed by atoms with van der Waals surface area (Å²) in [6.45, 7) is 1.82. The van der Waals surface area contributed by atoms with Gasteiger partial charge >= 0.3 is 0 Å². The van der Waals surface area contributed by atoms with E-state index in [0.717, 1.165) is 5.56 Å². The average molecular weight is 263 g/mol. The van der Waals surface area contributed by atoms with Gasteiger partial charge in [-0.05, 0) is 17.7 Å². The molecule has 0 amide bonds. The van der Waals surface area contributed by atoms with Crippen LogP contribution >= 0.6 is 11.6 Å². The second kappa shape index (κ2) is 6.11. The maximum absolute atomic E-state index is 11.2. The second-order valence-corrected chi connectivity index (χ2v) is 6.10. The van der Waals surface area contributed by atoms with Crippen LogP contribution in [0, 0.1) is 0 Å². The summed E-state index contributed by atoms with van der Waals surface area (Å²) >= 11 is 5.64. The summed E-state index contributed by atoms with van der Waals surface area (Å²) in [4.78, 5) is 0. The zero-order valence-electron chi connectivity index (χ0n) is 9.15. The summed E-state index contributed by atoms with van der Waals surface area (Å²) in [7, 11) is -2.95. The molecule has 5 heteroatoms. The molecule has 1 aromatic rings. The quantitative estimate of drug-likeness (QED) is 0.739. The van der Waals surface area contributed by atoms with Gasteiger partial charge in [0, 0.05) is 11.6 Å². The van der Waals surface area contributed by atoms with Gasteiger partial charge in [0.1, 0.15) is 12.4 Å². The normalized spacial score (nSPS) is 11.4. The molecule has 0 saturated heterocycles. The van der Waals surface area contributed by atoms with Crippen LogP contribution in [0.2, 0.25) is 0 Å². The molecular formula is C11H15ClO3S. The van der Waals surface area contributed by atoms with Crippen LogP contribution in [-0.4, -0.2) is 26.5 Å². The molecule has 0 radical (unpaired) electrons. The van der Waals surface area contributed by atoms with Crippen LogP contribution in [0.15, 0.2) is 24.3 Å². The number of ether oxygens (including phenoxy) is 1. The van der Waals surface area contributed by atoms with Crippen LogP contribution in [0.1, 0.15) is 12.5 Å². The highest BCUT2D eigenvalue weighted by Crippen LogP contribution is 2.13. The Morgan fingerprint density at radius 3 is 2.38 bits per heavy atom. The van der Waals surface area contributed by atoms with Crippen molar-refractivity contribution < 1.29 is 13.2 Å². The van der Waals surface area contributed by atoms with Gasteiger partial charge in [0.25, 0.3) is 0 Å². The highest BCUT2D eigenvalue weighted by molar-refractivity contribution is 7.91. The van der Waals surface area contributed by atoms with Crippen LogP contribution in [0.5, 0.6) is 5.75 Å². The van der Waals surface area contributed by atoms with E-state index in [-0.39, 0.29) is 18.1 Å². The third-order valence-corrected chi connectivity index (χ3v) is 4.16. The molecular weight excluding hydrogens is 248 g/mol. The molecule has 0 saturated carbocycles. The number of hydrogen-bond donors (Lipinski definition) is 0. The molecule has 0 aliphatic heterocycles. The lowest BCUT2D eigenvalue weighted by molar-refractivity contribution is 0.341. The molecule has 0 spiro atoms. The zero-order chi connectivity index (χ0) is 12.0. The fourth-order valence-corrected chi connectivity index (χ4v) is 1.91. The van der Waals surface area contributed by atoms with E-state index in [1.54, 1.807) is 19.1 Å². The molecule has 0 heterocycles. The van der Waals surface area contributed by atoms with Crippen molar-refractivity contribution >= 4 is 21.4 Å². The lowest BCUT2D eigenvalue weighted by Crippen LogP contribution is -2.15. The van der Waals surface area contributed by atoms with Gasteiger partial charge < -0.3 is 4.74 Å². The first kappa shape index (κ1) is 13.3. The van der Waals surface area contributed by atoms with Gasteiger partial charge in [-0.1, -0.05) is 19.1 Å². The van der Waals surface area contributed by atoms with E-state index in [2.05, 4.69) is 0 Å². The van der Waals surface area contributed by atoms with E-state index in [4.69, 9.17) is 16.3 Å². The van der Waals surface area contributed by atoms with E-state index in [0.29, 0.717) is 11.6 Å². The molecule has 0 aliphatic rings. The minimum Gasteiger partial charge on any atom is -0.493 e. The van der Waals surface area contributed by atoms with Gasteiger partial charge in [-0.25, -0.2) is 8.42 Å². The standard InChI is InChI=1S/C11H15ClO3S/c1-2-16(13,14)8-7-15-11-5-3-10(9-12)4-6-11/h3-6H,2,7-9H2,1H3. The average Bonchev–Trinajstić information content (AvgIpc) is 2.30. The van der Waals surface area contributed by atoms with E-state index in [1.807, 2.05) is 12.1 Å². The van der Waals surface area contributed by atoms with Gasteiger partial charge in [-0.2, -0.15) is 0 Å². The van der Waals surface area contributed by atoms with Crippen LogP contribution in [-0.2, 0) is 15.7 Å². The minimum atomic E-state index is -2.95. The number of halogens is 1. The van der Waals surface area contributed by atoms with Crippen molar-refractivity contribution in [3.05, 3.63) is 29.8 Å². The molecule has 0 aliphatic carbocycles. The Morgan fingerprint density at radius 1 is 1.25 bits per heavy atom. The van der Waals surface area contributed by atoms with Crippen LogP contribution in [0.3, 0.4) is 0 Å². The van der Waals surface area contributed by atoms with E-state index >= 15 is 0 Å². The number of benzene rings is 1. The summed E-state index contributed by atoms with van der Waals surface area (Å²) in [6, 6.07) is 7.29. The first-order chi connectivity index (χ1) is 7.57. The fourth-order valence-electron chi connectivity index (χ4n) is 1.11. The molecule has 0 N–H and O–H groups in total. The molecule has 0 bridgehead atoms. The van der Waals surface area contributed by atoms with E-state index in [1.165, 1.54) is 0 Å². The van der Waals surface area contributed by atoms with Gasteiger partial charge in [0.05, 0.1) is 5.75 Å². The van der Waals surface area contributed by atoms with Crippen LogP contribution < -0.4 is 4.74 Å². The smallest absolute Gasteiger partial charge is 0.153 e. The number of hydrogen-bond acceptors (Lipinski definition) is 3.